The van der Waals surface area contributed by atoms with Crippen LogP contribution in [0, 0.1) is 6.92 Å². The SMILES string of the molecule is CCN(CC)C(=O)N1CCCC1C(=O)c1ccc(C)cc1. The van der Waals surface area contributed by atoms with Crippen LogP contribution in [0.5, 0.6) is 0 Å². The van der Waals surface area contributed by atoms with E-state index in [-0.39, 0.29) is 17.9 Å². The smallest absolute Gasteiger partial charge is 0.320 e. The molecule has 4 nitrogen and oxygen atoms in total. The molecule has 0 N–H and O–H groups in total. The number of hydrogen-bond donors (Lipinski definition) is 0. The quantitative estimate of drug-likeness (QED) is 0.799. The number of carbonyl (C=O) groups excluding carboxylic acids is 2. The van der Waals surface area contributed by atoms with Crippen LogP contribution in [0.3, 0.4) is 0 Å². The number of Topliss-reactive ketones (excluding diaryl/α,β-unsaturated/α-hetero) is 1. The number of rotatable bonds is 4. The average Bonchev–Trinajstić information content (AvgIpc) is 2.97. The van der Waals surface area contributed by atoms with Gasteiger partial charge in [0.15, 0.2) is 5.78 Å². The number of nitrogens with zero attached hydrogens (tertiary/aromatic N) is 2. The summed E-state index contributed by atoms with van der Waals surface area (Å²) < 4.78 is 0. The molecule has 21 heavy (non-hydrogen) atoms. The molecule has 1 aromatic carbocycles. The van der Waals surface area contributed by atoms with Crippen LogP contribution in [-0.4, -0.2) is 47.3 Å². The van der Waals surface area contributed by atoms with E-state index in [1.807, 2.05) is 45.0 Å². The van der Waals surface area contributed by atoms with Gasteiger partial charge in [0.1, 0.15) is 0 Å². The van der Waals surface area contributed by atoms with E-state index in [4.69, 9.17) is 0 Å². The third-order valence-corrected chi connectivity index (χ3v) is 4.17. The van der Waals surface area contributed by atoms with Gasteiger partial charge in [0, 0.05) is 25.2 Å². The molecule has 0 aliphatic carbocycles. The van der Waals surface area contributed by atoms with Gasteiger partial charge in [0.05, 0.1) is 6.04 Å². The summed E-state index contributed by atoms with van der Waals surface area (Å²) in [4.78, 5) is 28.7. The summed E-state index contributed by atoms with van der Waals surface area (Å²) in [7, 11) is 0. The second-order valence-corrected chi connectivity index (χ2v) is 5.54. The van der Waals surface area contributed by atoms with Crippen LogP contribution in [-0.2, 0) is 0 Å². The van der Waals surface area contributed by atoms with E-state index >= 15 is 0 Å². The molecule has 1 heterocycles. The topological polar surface area (TPSA) is 40.6 Å². The molecule has 114 valence electrons. The van der Waals surface area contributed by atoms with E-state index < -0.39 is 0 Å². The van der Waals surface area contributed by atoms with Crippen molar-refractivity contribution < 1.29 is 9.59 Å². The van der Waals surface area contributed by atoms with Crippen LogP contribution in [0.4, 0.5) is 4.79 Å². The normalized spacial score (nSPS) is 17.9. The fourth-order valence-corrected chi connectivity index (χ4v) is 2.85. The van der Waals surface area contributed by atoms with Crippen LogP contribution in [0.2, 0.25) is 0 Å². The zero-order chi connectivity index (χ0) is 15.4. The Morgan fingerprint density at radius 1 is 1.19 bits per heavy atom. The molecule has 0 aromatic heterocycles. The number of ketones is 1. The second-order valence-electron chi connectivity index (χ2n) is 5.54. The van der Waals surface area contributed by atoms with Crippen molar-refractivity contribution in [3.05, 3.63) is 35.4 Å². The Morgan fingerprint density at radius 3 is 2.38 bits per heavy atom. The molecule has 1 saturated heterocycles. The maximum Gasteiger partial charge on any atom is 0.320 e. The molecule has 0 bridgehead atoms. The first-order valence-electron chi connectivity index (χ1n) is 7.74. The number of hydrogen-bond acceptors (Lipinski definition) is 2. The molecule has 0 spiro atoms. The highest BCUT2D eigenvalue weighted by Crippen LogP contribution is 2.23. The molecule has 1 aliphatic heterocycles. The molecular weight excluding hydrogens is 264 g/mol. The molecule has 1 unspecified atom stereocenters. The van der Waals surface area contributed by atoms with Crippen LogP contribution in [0.1, 0.15) is 42.6 Å². The first kappa shape index (κ1) is 15.5. The minimum absolute atomic E-state index is 0.0111. The van der Waals surface area contributed by atoms with Crippen LogP contribution in [0.15, 0.2) is 24.3 Å². The van der Waals surface area contributed by atoms with Crippen LogP contribution < -0.4 is 0 Å². The zero-order valence-corrected chi connectivity index (χ0v) is 13.1. The summed E-state index contributed by atoms with van der Waals surface area (Å²) in [5, 5.41) is 0. The van der Waals surface area contributed by atoms with Gasteiger partial charge in [0.2, 0.25) is 0 Å². The minimum Gasteiger partial charge on any atom is -0.325 e. The third kappa shape index (κ3) is 3.26. The summed E-state index contributed by atoms with van der Waals surface area (Å²) in [5.74, 6) is 0.0630. The highest BCUT2D eigenvalue weighted by Gasteiger charge is 2.35. The molecule has 2 amide bonds. The van der Waals surface area contributed by atoms with Gasteiger partial charge in [-0.25, -0.2) is 4.79 Å². The summed E-state index contributed by atoms with van der Waals surface area (Å²) in [6, 6.07) is 7.28. The molecule has 1 aromatic rings. The number of aryl methyl sites for hydroxylation is 1. The van der Waals surface area contributed by atoms with Crippen molar-refractivity contribution in [1.29, 1.82) is 0 Å². The van der Waals surface area contributed by atoms with Gasteiger partial charge in [-0.05, 0) is 33.6 Å². The highest BCUT2D eigenvalue weighted by molar-refractivity contribution is 6.02. The van der Waals surface area contributed by atoms with E-state index in [1.165, 1.54) is 0 Å². The Hall–Kier alpha value is -1.84. The van der Waals surface area contributed by atoms with Crippen molar-refractivity contribution >= 4 is 11.8 Å². The maximum absolute atomic E-state index is 12.7. The number of carbonyl (C=O) groups is 2. The Morgan fingerprint density at radius 2 is 1.81 bits per heavy atom. The molecule has 1 aliphatic rings. The summed E-state index contributed by atoms with van der Waals surface area (Å²) in [6.07, 6.45) is 1.66. The first-order valence-corrected chi connectivity index (χ1v) is 7.74. The lowest BCUT2D eigenvalue weighted by molar-refractivity contribution is 0.0862. The van der Waals surface area contributed by atoms with E-state index in [0.717, 1.165) is 18.4 Å². The summed E-state index contributed by atoms with van der Waals surface area (Å²) in [5.41, 5.74) is 1.83. The number of benzene rings is 1. The standard InChI is InChI=1S/C17H24N2O2/c1-4-18(5-2)17(21)19-12-6-7-15(19)16(20)14-10-8-13(3)9-11-14/h8-11,15H,4-7,12H2,1-3H3. The van der Waals surface area contributed by atoms with Gasteiger partial charge >= 0.3 is 6.03 Å². The minimum atomic E-state index is -0.305. The van der Waals surface area contributed by atoms with E-state index in [0.29, 0.717) is 25.2 Å². The molecule has 2 rings (SSSR count). The molecular formula is C17H24N2O2. The van der Waals surface area contributed by atoms with Gasteiger partial charge in [-0.1, -0.05) is 29.8 Å². The molecule has 0 radical (unpaired) electrons. The molecule has 1 fully saturated rings. The Bertz CT molecular complexity index is 506. The van der Waals surface area contributed by atoms with E-state index in [2.05, 4.69) is 0 Å². The lowest BCUT2D eigenvalue weighted by Gasteiger charge is -2.30. The van der Waals surface area contributed by atoms with Crippen molar-refractivity contribution in [1.82, 2.24) is 9.80 Å². The molecule has 0 saturated carbocycles. The Kier molecular flexibility index (Phi) is 4.99. The Labute approximate surface area is 126 Å². The predicted molar refractivity (Wildman–Crippen MR) is 83.6 cm³/mol. The molecule has 4 heteroatoms. The lowest BCUT2D eigenvalue weighted by atomic mass is 10.0. The summed E-state index contributed by atoms with van der Waals surface area (Å²) in [6.45, 7) is 7.97. The number of urea groups is 1. The number of likely N-dealkylation sites (tertiary alicyclic amines) is 1. The average molecular weight is 288 g/mol. The van der Waals surface area contributed by atoms with Crippen molar-refractivity contribution in [3.63, 3.8) is 0 Å². The van der Waals surface area contributed by atoms with Gasteiger partial charge in [-0.3, -0.25) is 4.79 Å². The largest absolute Gasteiger partial charge is 0.325 e. The van der Waals surface area contributed by atoms with Crippen molar-refractivity contribution in [2.75, 3.05) is 19.6 Å². The van der Waals surface area contributed by atoms with Gasteiger partial charge in [0.25, 0.3) is 0 Å². The first-order chi connectivity index (χ1) is 10.1. The van der Waals surface area contributed by atoms with Gasteiger partial charge in [-0.2, -0.15) is 0 Å². The summed E-state index contributed by atoms with van der Waals surface area (Å²) >= 11 is 0. The molecule has 1 atom stereocenters. The Balaban J connectivity index is 2.16. The number of amides is 2. The monoisotopic (exact) mass is 288 g/mol. The van der Waals surface area contributed by atoms with Crippen molar-refractivity contribution in [2.45, 2.75) is 39.7 Å². The van der Waals surface area contributed by atoms with Crippen molar-refractivity contribution in [3.8, 4) is 0 Å². The van der Waals surface area contributed by atoms with Gasteiger partial charge < -0.3 is 9.80 Å². The lowest BCUT2D eigenvalue weighted by Crippen LogP contribution is -2.47. The van der Waals surface area contributed by atoms with E-state index in [9.17, 15) is 9.59 Å². The van der Waals surface area contributed by atoms with E-state index in [1.54, 1.807) is 9.80 Å². The fraction of sp³-hybridized carbons (Fsp3) is 0.529. The van der Waals surface area contributed by atoms with Crippen LogP contribution in [0.25, 0.3) is 0 Å². The van der Waals surface area contributed by atoms with Crippen molar-refractivity contribution in [2.24, 2.45) is 0 Å². The van der Waals surface area contributed by atoms with Crippen LogP contribution >= 0.6 is 0 Å². The zero-order valence-electron chi connectivity index (χ0n) is 13.1. The highest BCUT2D eigenvalue weighted by atomic mass is 16.2. The fourth-order valence-electron chi connectivity index (χ4n) is 2.85. The maximum atomic E-state index is 12.7. The van der Waals surface area contributed by atoms with Gasteiger partial charge in [-0.15, -0.1) is 0 Å². The predicted octanol–water partition coefficient (Wildman–Crippen LogP) is 3.10. The second kappa shape index (κ2) is 6.74. The third-order valence-electron chi connectivity index (χ3n) is 4.17.